The summed E-state index contributed by atoms with van der Waals surface area (Å²) in [6, 6.07) is 9.58. The lowest BCUT2D eigenvalue weighted by molar-refractivity contribution is -0.134. The molecule has 0 spiro atoms. The molecule has 2 aliphatic heterocycles. The molecule has 2 fully saturated rings. The Balaban J connectivity index is 1.09. The minimum Gasteiger partial charge on any atom is -0.366 e. The van der Waals surface area contributed by atoms with E-state index in [1.165, 1.54) is 12.4 Å². The molecule has 2 aromatic heterocycles. The first-order valence-corrected chi connectivity index (χ1v) is 11.4. The first-order valence-electron chi connectivity index (χ1n) is 11.4. The zero-order valence-electron chi connectivity index (χ0n) is 18.8. The van der Waals surface area contributed by atoms with Crippen molar-refractivity contribution in [2.45, 2.75) is 6.54 Å². The quantitative estimate of drug-likeness (QED) is 0.576. The molecule has 0 aliphatic carbocycles. The van der Waals surface area contributed by atoms with Crippen molar-refractivity contribution >= 4 is 28.7 Å². The third-order valence-corrected chi connectivity index (χ3v) is 6.59. The number of benzene rings is 1. The monoisotopic (exact) mass is 458 g/mol. The Morgan fingerprint density at radius 3 is 2.50 bits per heavy atom. The molecule has 2 N–H and O–H groups in total. The Morgan fingerprint density at radius 1 is 1.09 bits per heavy atom. The lowest BCUT2D eigenvalue weighted by atomic mass is 10.00. The van der Waals surface area contributed by atoms with E-state index < -0.39 is 5.91 Å². The molecule has 34 heavy (non-hydrogen) atoms. The van der Waals surface area contributed by atoms with Crippen LogP contribution in [0.15, 0.2) is 42.9 Å². The Morgan fingerprint density at radius 2 is 1.82 bits per heavy atom. The molecule has 0 atom stereocenters. The van der Waals surface area contributed by atoms with Gasteiger partial charge in [-0.1, -0.05) is 6.07 Å². The molecular formula is C24H26N8O2. The van der Waals surface area contributed by atoms with Crippen LogP contribution in [-0.2, 0) is 11.3 Å². The van der Waals surface area contributed by atoms with Gasteiger partial charge in [0.2, 0.25) is 17.8 Å². The average Bonchev–Trinajstić information content (AvgIpc) is 3.24. The Labute approximate surface area is 197 Å². The zero-order chi connectivity index (χ0) is 23.7. The number of piperazine rings is 1. The van der Waals surface area contributed by atoms with Gasteiger partial charge in [0.15, 0.2) is 0 Å². The molecular weight excluding hydrogens is 432 g/mol. The highest BCUT2D eigenvalue weighted by Gasteiger charge is 2.31. The van der Waals surface area contributed by atoms with Gasteiger partial charge in [-0.2, -0.15) is 5.26 Å². The minimum atomic E-state index is -0.423. The number of nitrogens with zero attached hydrogens (tertiary/aromatic N) is 7. The van der Waals surface area contributed by atoms with Crippen LogP contribution in [0.2, 0.25) is 0 Å². The summed E-state index contributed by atoms with van der Waals surface area (Å²) in [6.07, 6.45) is 5.08. The smallest absolute Gasteiger partial charge is 0.248 e. The van der Waals surface area contributed by atoms with Crippen LogP contribution in [0.1, 0.15) is 15.9 Å². The average molecular weight is 459 g/mol. The summed E-state index contributed by atoms with van der Waals surface area (Å²) >= 11 is 0. The van der Waals surface area contributed by atoms with Crippen LogP contribution in [-0.4, -0.2) is 82.0 Å². The first kappa shape index (κ1) is 21.9. The number of primary amides is 1. The summed E-state index contributed by atoms with van der Waals surface area (Å²) in [4.78, 5) is 38.9. The van der Waals surface area contributed by atoms with E-state index in [-0.39, 0.29) is 5.91 Å². The fourth-order valence-corrected chi connectivity index (χ4v) is 4.69. The molecule has 174 valence electrons. The largest absolute Gasteiger partial charge is 0.366 e. The van der Waals surface area contributed by atoms with Crippen LogP contribution >= 0.6 is 0 Å². The SMILES string of the molecule is N#Cc1cnc(N2CCN(C(=O)CN3CC(Cn4ccc5ccc(C(N)=O)cc54)C3)CC2)nc1. The third-order valence-electron chi connectivity index (χ3n) is 6.59. The van der Waals surface area contributed by atoms with E-state index in [0.717, 1.165) is 30.5 Å². The number of hydrogen-bond acceptors (Lipinski definition) is 7. The number of aromatic nitrogens is 3. The molecule has 2 aliphatic rings. The lowest BCUT2D eigenvalue weighted by Crippen LogP contribution is -2.55. The van der Waals surface area contributed by atoms with Crippen LogP contribution in [0.5, 0.6) is 0 Å². The van der Waals surface area contributed by atoms with Crippen molar-refractivity contribution in [2.75, 3.05) is 50.7 Å². The van der Waals surface area contributed by atoms with E-state index in [9.17, 15) is 9.59 Å². The van der Waals surface area contributed by atoms with E-state index in [0.29, 0.717) is 55.7 Å². The second-order valence-electron chi connectivity index (χ2n) is 8.92. The van der Waals surface area contributed by atoms with Crippen molar-refractivity contribution in [3.63, 3.8) is 0 Å². The van der Waals surface area contributed by atoms with Crippen molar-refractivity contribution in [3.8, 4) is 6.07 Å². The van der Waals surface area contributed by atoms with E-state index in [2.05, 4.69) is 19.4 Å². The summed E-state index contributed by atoms with van der Waals surface area (Å²) in [7, 11) is 0. The molecule has 1 aromatic carbocycles. The number of anilines is 1. The predicted octanol–water partition coefficient (Wildman–Crippen LogP) is 0.682. The number of rotatable bonds is 6. The van der Waals surface area contributed by atoms with Gasteiger partial charge in [0.25, 0.3) is 0 Å². The molecule has 0 radical (unpaired) electrons. The van der Waals surface area contributed by atoms with Crippen LogP contribution in [0, 0.1) is 17.2 Å². The molecule has 10 heteroatoms. The molecule has 0 saturated carbocycles. The summed E-state index contributed by atoms with van der Waals surface area (Å²) in [5, 5.41) is 9.96. The molecule has 0 unspecified atom stereocenters. The number of amides is 2. The standard InChI is InChI=1S/C24H26N8O2/c25-10-17-11-27-24(28-12-17)31-7-5-30(6-8-31)22(33)16-29-13-18(14-29)15-32-4-3-19-1-2-20(23(26)34)9-21(19)32/h1-4,9,11-12,18H,5-8,13-16H2,(H2,26,34). The van der Waals surface area contributed by atoms with Crippen molar-refractivity contribution in [1.29, 1.82) is 5.26 Å². The van der Waals surface area contributed by atoms with Crippen LogP contribution in [0.3, 0.4) is 0 Å². The molecule has 3 aromatic rings. The van der Waals surface area contributed by atoms with Crippen LogP contribution in [0.25, 0.3) is 10.9 Å². The van der Waals surface area contributed by atoms with Crippen molar-refractivity contribution in [3.05, 3.63) is 54.0 Å². The van der Waals surface area contributed by atoms with E-state index >= 15 is 0 Å². The summed E-state index contributed by atoms with van der Waals surface area (Å²) < 4.78 is 2.16. The summed E-state index contributed by atoms with van der Waals surface area (Å²) in [5.74, 6) is 0.785. The maximum atomic E-state index is 12.8. The maximum absolute atomic E-state index is 12.8. The Bertz CT molecular complexity index is 1250. The van der Waals surface area contributed by atoms with E-state index in [4.69, 9.17) is 11.0 Å². The molecule has 0 bridgehead atoms. The van der Waals surface area contributed by atoms with Gasteiger partial charge in [-0.15, -0.1) is 0 Å². The van der Waals surface area contributed by atoms with Crippen LogP contribution < -0.4 is 10.6 Å². The van der Waals surface area contributed by atoms with Crippen LogP contribution in [0.4, 0.5) is 5.95 Å². The summed E-state index contributed by atoms with van der Waals surface area (Å²) in [5.41, 5.74) is 7.38. The molecule has 2 amide bonds. The van der Waals surface area contributed by atoms with Crippen molar-refractivity contribution < 1.29 is 9.59 Å². The van der Waals surface area contributed by atoms with Crippen molar-refractivity contribution in [1.82, 2.24) is 24.3 Å². The van der Waals surface area contributed by atoms with Gasteiger partial charge in [0.1, 0.15) is 6.07 Å². The number of nitriles is 1. The normalized spacial score (nSPS) is 16.9. The maximum Gasteiger partial charge on any atom is 0.248 e. The molecule has 4 heterocycles. The number of carbonyl (C=O) groups excluding carboxylic acids is 2. The second-order valence-corrected chi connectivity index (χ2v) is 8.92. The Hall–Kier alpha value is -3.97. The molecule has 10 nitrogen and oxygen atoms in total. The second kappa shape index (κ2) is 9.11. The zero-order valence-corrected chi connectivity index (χ0v) is 18.8. The minimum absolute atomic E-state index is 0.149. The van der Waals surface area contributed by atoms with Gasteiger partial charge in [0.05, 0.1) is 24.5 Å². The Kier molecular flexibility index (Phi) is 5.86. The van der Waals surface area contributed by atoms with Gasteiger partial charge < -0.3 is 20.1 Å². The molecule has 5 rings (SSSR count). The topological polar surface area (TPSA) is 124 Å². The summed E-state index contributed by atoms with van der Waals surface area (Å²) in [6.45, 7) is 5.65. The highest BCUT2D eigenvalue weighted by atomic mass is 16.2. The number of hydrogen-bond donors (Lipinski definition) is 1. The number of fused-ring (bicyclic) bond motifs is 1. The van der Waals surface area contributed by atoms with Gasteiger partial charge >= 0.3 is 0 Å². The fraction of sp³-hybridized carbons (Fsp3) is 0.375. The first-order chi connectivity index (χ1) is 16.5. The predicted molar refractivity (Wildman–Crippen MR) is 126 cm³/mol. The van der Waals surface area contributed by atoms with Gasteiger partial charge in [-0.05, 0) is 23.6 Å². The lowest BCUT2D eigenvalue weighted by Gasteiger charge is -2.41. The molecule has 2 saturated heterocycles. The highest BCUT2D eigenvalue weighted by molar-refractivity contribution is 5.97. The van der Waals surface area contributed by atoms with Crippen molar-refractivity contribution in [2.24, 2.45) is 11.7 Å². The van der Waals surface area contributed by atoms with Gasteiger partial charge in [0, 0.05) is 69.0 Å². The van der Waals surface area contributed by atoms with E-state index in [1.54, 1.807) is 6.07 Å². The number of likely N-dealkylation sites (tertiary alicyclic amines) is 1. The van der Waals surface area contributed by atoms with Gasteiger partial charge in [-0.3, -0.25) is 14.5 Å². The highest BCUT2D eigenvalue weighted by Crippen LogP contribution is 2.23. The number of nitrogens with two attached hydrogens (primary N) is 1. The fourth-order valence-electron chi connectivity index (χ4n) is 4.69. The van der Waals surface area contributed by atoms with E-state index in [1.807, 2.05) is 40.3 Å². The number of carbonyl (C=O) groups is 2. The van der Waals surface area contributed by atoms with Gasteiger partial charge in [-0.25, -0.2) is 9.97 Å². The third kappa shape index (κ3) is 4.43.